The molecule has 1 aromatic heterocycles. The van der Waals surface area contributed by atoms with Crippen LogP contribution >= 0.6 is 0 Å². The van der Waals surface area contributed by atoms with Crippen LogP contribution in [0.4, 0.5) is 10.3 Å². The predicted molar refractivity (Wildman–Crippen MR) is 89.6 cm³/mol. The van der Waals surface area contributed by atoms with Crippen molar-refractivity contribution in [2.24, 2.45) is 5.41 Å². The summed E-state index contributed by atoms with van der Waals surface area (Å²) in [4.78, 5) is 12.5. The molecule has 2 atom stereocenters. The van der Waals surface area contributed by atoms with E-state index in [4.69, 9.17) is 9.47 Å². The standard InChI is InChI=1S/C17H27FN4O2/c1-21(2)7-9-23-13-17-5-3-8-24-15(17)4-6-22(12-17)16-19-10-14(18)11-20-16/h10-11,15H,3-9,12-13H2,1-2H3/t15-,17-/m1/s1. The van der Waals surface area contributed by atoms with Crippen molar-refractivity contribution in [1.29, 1.82) is 0 Å². The Bertz CT molecular complexity index is 528. The van der Waals surface area contributed by atoms with Crippen LogP contribution in [0, 0.1) is 11.2 Å². The van der Waals surface area contributed by atoms with Crippen LogP contribution in [-0.4, -0.2) is 74.5 Å². The second kappa shape index (κ2) is 7.72. The lowest BCUT2D eigenvalue weighted by Gasteiger charge is -2.50. The second-order valence-corrected chi connectivity index (χ2v) is 7.09. The van der Waals surface area contributed by atoms with Crippen molar-refractivity contribution in [3.05, 3.63) is 18.2 Å². The van der Waals surface area contributed by atoms with E-state index in [-0.39, 0.29) is 11.5 Å². The highest BCUT2D eigenvalue weighted by atomic mass is 19.1. The molecule has 0 saturated carbocycles. The molecule has 134 valence electrons. The molecule has 0 N–H and O–H groups in total. The van der Waals surface area contributed by atoms with Crippen molar-refractivity contribution in [1.82, 2.24) is 14.9 Å². The van der Waals surface area contributed by atoms with Crippen LogP contribution < -0.4 is 4.90 Å². The Morgan fingerprint density at radius 3 is 2.96 bits per heavy atom. The summed E-state index contributed by atoms with van der Waals surface area (Å²) in [5, 5.41) is 0. The summed E-state index contributed by atoms with van der Waals surface area (Å²) in [6.07, 6.45) is 5.74. The number of aromatic nitrogens is 2. The fourth-order valence-electron chi connectivity index (χ4n) is 3.66. The van der Waals surface area contributed by atoms with Gasteiger partial charge in [0.15, 0.2) is 5.82 Å². The maximum atomic E-state index is 13.1. The minimum atomic E-state index is -0.406. The Hall–Kier alpha value is -1.31. The lowest BCUT2D eigenvalue weighted by atomic mass is 9.73. The molecule has 0 bridgehead atoms. The van der Waals surface area contributed by atoms with E-state index in [1.165, 1.54) is 12.4 Å². The quantitative estimate of drug-likeness (QED) is 0.734. The zero-order chi connectivity index (χ0) is 17.0. The van der Waals surface area contributed by atoms with Gasteiger partial charge >= 0.3 is 0 Å². The summed E-state index contributed by atoms with van der Waals surface area (Å²) in [6, 6.07) is 0. The predicted octanol–water partition coefficient (Wildman–Crippen LogP) is 1.57. The molecule has 3 rings (SSSR count). The van der Waals surface area contributed by atoms with E-state index in [0.717, 1.165) is 45.5 Å². The summed E-state index contributed by atoms with van der Waals surface area (Å²) in [7, 11) is 4.09. The van der Waals surface area contributed by atoms with Gasteiger partial charge in [-0.3, -0.25) is 0 Å². The van der Waals surface area contributed by atoms with E-state index in [1.54, 1.807) is 0 Å². The van der Waals surface area contributed by atoms with Crippen molar-refractivity contribution >= 4 is 5.95 Å². The number of hydrogen-bond acceptors (Lipinski definition) is 6. The number of nitrogens with zero attached hydrogens (tertiary/aromatic N) is 4. The van der Waals surface area contributed by atoms with Gasteiger partial charge in [-0.2, -0.15) is 0 Å². The minimum absolute atomic E-state index is 0.0272. The van der Waals surface area contributed by atoms with Crippen LogP contribution in [0.1, 0.15) is 19.3 Å². The van der Waals surface area contributed by atoms with Gasteiger partial charge in [-0.05, 0) is 33.4 Å². The molecule has 7 heteroatoms. The van der Waals surface area contributed by atoms with Crippen molar-refractivity contribution in [2.45, 2.75) is 25.4 Å². The van der Waals surface area contributed by atoms with Crippen molar-refractivity contribution in [2.75, 3.05) is 58.5 Å². The number of anilines is 1. The molecular weight excluding hydrogens is 311 g/mol. The lowest BCUT2D eigenvalue weighted by Crippen LogP contribution is -2.57. The van der Waals surface area contributed by atoms with Crippen LogP contribution in [0.5, 0.6) is 0 Å². The molecule has 0 unspecified atom stereocenters. The fraction of sp³-hybridized carbons (Fsp3) is 0.765. The first-order chi connectivity index (χ1) is 11.6. The Balaban J connectivity index is 1.68. The van der Waals surface area contributed by atoms with Gasteiger partial charge in [0.2, 0.25) is 5.95 Å². The van der Waals surface area contributed by atoms with E-state index in [0.29, 0.717) is 19.2 Å². The molecule has 2 aliphatic rings. The summed E-state index contributed by atoms with van der Waals surface area (Å²) >= 11 is 0. The highest BCUT2D eigenvalue weighted by molar-refractivity contribution is 5.31. The maximum absolute atomic E-state index is 13.1. The molecular formula is C17H27FN4O2. The Labute approximate surface area is 143 Å². The number of rotatable bonds is 6. The largest absolute Gasteiger partial charge is 0.379 e. The first-order valence-electron chi connectivity index (χ1n) is 8.66. The fourth-order valence-corrected chi connectivity index (χ4v) is 3.66. The molecule has 24 heavy (non-hydrogen) atoms. The van der Waals surface area contributed by atoms with Crippen LogP contribution in [-0.2, 0) is 9.47 Å². The lowest BCUT2D eigenvalue weighted by molar-refractivity contribution is -0.125. The van der Waals surface area contributed by atoms with Gasteiger partial charge in [0, 0.05) is 31.7 Å². The number of hydrogen-bond donors (Lipinski definition) is 0. The minimum Gasteiger partial charge on any atom is -0.379 e. The molecule has 0 spiro atoms. The topological polar surface area (TPSA) is 50.7 Å². The Kier molecular flexibility index (Phi) is 5.63. The van der Waals surface area contributed by atoms with Crippen LogP contribution in [0.15, 0.2) is 12.4 Å². The summed E-state index contributed by atoms with van der Waals surface area (Å²) in [5.41, 5.74) is -0.0272. The second-order valence-electron chi connectivity index (χ2n) is 7.09. The summed E-state index contributed by atoms with van der Waals surface area (Å²) in [6.45, 7) is 4.77. The Morgan fingerprint density at radius 1 is 1.42 bits per heavy atom. The molecule has 0 amide bonds. The highest BCUT2D eigenvalue weighted by Crippen LogP contribution is 2.41. The molecule has 2 fully saturated rings. The van der Waals surface area contributed by atoms with Gasteiger partial charge in [0.1, 0.15) is 0 Å². The zero-order valence-corrected chi connectivity index (χ0v) is 14.6. The van der Waals surface area contributed by atoms with Crippen molar-refractivity contribution in [3.63, 3.8) is 0 Å². The van der Waals surface area contributed by atoms with Gasteiger partial charge in [-0.1, -0.05) is 0 Å². The summed E-state index contributed by atoms with van der Waals surface area (Å²) < 4.78 is 25.1. The van der Waals surface area contributed by atoms with Gasteiger partial charge in [0.25, 0.3) is 0 Å². The molecule has 2 aliphatic heterocycles. The van der Waals surface area contributed by atoms with Crippen LogP contribution in [0.3, 0.4) is 0 Å². The molecule has 2 saturated heterocycles. The third-order valence-electron chi connectivity index (χ3n) is 4.95. The van der Waals surface area contributed by atoms with E-state index >= 15 is 0 Å². The number of halogens is 1. The van der Waals surface area contributed by atoms with E-state index in [9.17, 15) is 4.39 Å². The number of ether oxygens (including phenoxy) is 2. The van der Waals surface area contributed by atoms with Gasteiger partial charge < -0.3 is 19.3 Å². The van der Waals surface area contributed by atoms with E-state index < -0.39 is 5.82 Å². The third-order valence-corrected chi connectivity index (χ3v) is 4.95. The maximum Gasteiger partial charge on any atom is 0.225 e. The van der Waals surface area contributed by atoms with Crippen LogP contribution in [0.2, 0.25) is 0 Å². The van der Waals surface area contributed by atoms with E-state index in [2.05, 4.69) is 19.8 Å². The van der Waals surface area contributed by atoms with E-state index in [1.807, 2.05) is 14.1 Å². The SMILES string of the molecule is CN(C)CCOC[C@]12CCCO[C@@H]1CCN(c1ncc(F)cn1)C2. The van der Waals surface area contributed by atoms with Crippen molar-refractivity contribution < 1.29 is 13.9 Å². The molecule has 0 aliphatic carbocycles. The Morgan fingerprint density at radius 2 is 2.21 bits per heavy atom. The normalized spacial score (nSPS) is 27.3. The molecule has 3 heterocycles. The molecule has 1 aromatic rings. The average molecular weight is 338 g/mol. The van der Waals surface area contributed by atoms with Gasteiger partial charge in [-0.15, -0.1) is 0 Å². The summed E-state index contributed by atoms with van der Waals surface area (Å²) in [5.74, 6) is 0.185. The zero-order valence-electron chi connectivity index (χ0n) is 14.6. The molecule has 6 nitrogen and oxygen atoms in total. The first-order valence-corrected chi connectivity index (χ1v) is 8.66. The smallest absolute Gasteiger partial charge is 0.225 e. The monoisotopic (exact) mass is 338 g/mol. The number of fused-ring (bicyclic) bond motifs is 1. The van der Waals surface area contributed by atoms with Gasteiger partial charge in [-0.25, -0.2) is 14.4 Å². The van der Waals surface area contributed by atoms with Crippen LogP contribution in [0.25, 0.3) is 0 Å². The first kappa shape index (κ1) is 17.5. The average Bonchev–Trinajstić information content (AvgIpc) is 2.59. The molecule has 0 aromatic carbocycles. The third kappa shape index (κ3) is 4.02. The number of piperidine rings is 1. The molecule has 0 radical (unpaired) electrons. The number of likely N-dealkylation sites (N-methyl/N-ethyl adjacent to an activating group) is 1. The van der Waals surface area contributed by atoms with Gasteiger partial charge in [0.05, 0.1) is 31.7 Å². The highest BCUT2D eigenvalue weighted by Gasteiger charge is 2.46. The van der Waals surface area contributed by atoms with Crippen molar-refractivity contribution in [3.8, 4) is 0 Å².